The van der Waals surface area contributed by atoms with Crippen molar-refractivity contribution in [2.75, 3.05) is 6.61 Å². The third-order valence-corrected chi connectivity index (χ3v) is 8.08. The van der Waals surface area contributed by atoms with Crippen LogP contribution in [0, 0.1) is 13.8 Å². The van der Waals surface area contributed by atoms with Crippen LogP contribution in [0.4, 0.5) is 0 Å². The molecule has 0 amide bonds. The van der Waals surface area contributed by atoms with Gasteiger partial charge in [-0.1, -0.05) is 35.5 Å². The lowest BCUT2D eigenvalue weighted by molar-refractivity contribution is 0.0953. The maximum Gasteiger partial charge on any atom is 0.191 e. The van der Waals surface area contributed by atoms with Crippen LogP contribution in [0.3, 0.4) is 0 Å². The van der Waals surface area contributed by atoms with Gasteiger partial charge in [0.2, 0.25) is 0 Å². The number of rotatable bonds is 7. The summed E-state index contributed by atoms with van der Waals surface area (Å²) in [4.78, 5) is 6.13. The van der Waals surface area contributed by atoms with Gasteiger partial charge in [0.1, 0.15) is 5.01 Å². The van der Waals surface area contributed by atoms with Gasteiger partial charge in [0.05, 0.1) is 18.3 Å². The zero-order valence-electron chi connectivity index (χ0n) is 17.6. The van der Waals surface area contributed by atoms with E-state index >= 15 is 0 Å². The Kier molecular flexibility index (Phi) is 6.22. The standard InChI is InChI=1S/C23H24N4OS3/c1-15-5-3-6-17(9-15)22-24-19(13-30-22)14-31-23-26-25-21(18-10-16(2)29-12-18)27(23)11-20-7-4-8-28-20/h3,5-6,9-10,12-13,20H,4,7-8,11,14H2,1-2H3. The molecule has 0 N–H and O–H groups in total. The molecule has 5 rings (SSSR count). The molecule has 0 bridgehead atoms. The summed E-state index contributed by atoms with van der Waals surface area (Å²) < 4.78 is 8.14. The molecular formula is C23H24N4OS3. The van der Waals surface area contributed by atoms with E-state index < -0.39 is 0 Å². The minimum absolute atomic E-state index is 0.237. The fourth-order valence-corrected chi connectivity index (χ4v) is 6.19. The number of hydrogen-bond acceptors (Lipinski definition) is 7. The number of aryl methyl sites for hydroxylation is 2. The monoisotopic (exact) mass is 468 g/mol. The summed E-state index contributed by atoms with van der Waals surface area (Å²) in [6, 6.07) is 10.7. The van der Waals surface area contributed by atoms with E-state index in [0.717, 1.165) is 59.0 Å². The van der Waals surface area contributed by atoms with Crippen molar-refractivity contribution in [2.24, 2.45) is 0 Å². The predicted molar refractivity (Wildman–Crippen MR) is 129 cm³/mol. The molecule has 1 atom stereocenters. The first-order valence-corrected chi connectivity index (χ1v) is 13.1. The van der Waals surface area contributed by atoms with Gasteiger partial charge in [-0.2, -0.15) is 0 Å². The summed E-state index contributed by atoms with van der Waals surface area (Å²) in [6.45, 7) is 5.88. The predicted octanol–water partition coefficient (Wildman–Crippen LogP) is 6.22. The summed E-state index contributed by atoms with van der Waals surface area (Å²) >= 11 is 5.14. The highest BCUT2D eigenvalue weighted by atomic mass is 32.2. The van der Waals surface area contributed by atoms with Gasteiger partial charge in [0.25, 0.3) is 0 Å². The minimum Gasteiger partial charge on any atom is -0.376 e. The average Bonchev–Trinajstić information content (AvgIpc) is 3.55. The van der Waals surface area contributed by atoms with Crippen molar-refractivity contribution in [3.05, 3.63) is 57.2 Å². The maximum absolute atomic E-state index is 5.91. The Morgan fingerprint density at radius 3 is 2.84 bits per heavy atom. The second-order valence-electron chi connectivity index (χ2n) is 7.80. The number of benzene rings is 1. The number of hydrogen-bond donors (Lipinski definition) is 0. The zero-order valence-corrected chi connectivity index (χ0v) is 20.0. The van der Waals surface area contributed by atoms with Crippen molar-refractivity contribution < 1.29 is 4.74 Å². The quantitative estimate of drug-likeness (QED) is 0.301. The third kappa shape index (κ3) is 4.77. The fraction of sp³-hybridized carbons (Fsp3) is 0.348. The minimum atomic E-state index is 0.237. The van der Waals surface area contributed by atoms with E-state index in [0.29, 0.717) is 0 Å². The van der Waals surface area contributed by atoms with Crippen LogP contribution in [0.1, 0.15) is 29.0 Å². The molecule has 4 aromatic rings. The Hall–Kier alpha value is -2.00. The molecule has 1 aliphatic rings. The molecule has 1 aliphatic heterocycles. The lowest BCUT2D eigenvalue weighted by Gasteiger charge is -2.14. The van der Waals surface area contributed by atoms with E-state index in [1.807, 2.05) is 0 Å². The summed E-state index contributed by atoms with van der Waals surface area (Å²) in [7, 11) is 0. The smallest absolute Gasteiger partial charge is 0.191 e. The number of thiazole rings is 1. The molecule has 5 nitrogen and oxygen atoms in total. The van der Waals surface area contributed by atoms with Gasteiger partial charge in [-0.15, -0.1) is 32.9 Å². The molecule has 31 heavy (non-hydrogen) atoms. The molecule has 0 radical (unpaired) electrons. The molecule has 4 heterocycles. The highest BCUT2D eigenvalue weighted by molar-refractivity contribution is 7.98. The first-order valence-electron chi connectivity index (χ1n) is 10.4. The lowest BCUT2D eigenvalue weighted by atomic mass is 10.1. The molecule has 1 saturated heterocycles. The van der Waals surface area contributed by atoms with E-state index in [9.17, 15) is 0 Å². The summed E-state index contributed by atoms with van der Waals surface area (Å²) in [5, 5.41) is 15.4. The van der Waals surface area contributed by atoms with Gasteiger partial charge < -0.3 is 4.74 Å². The van der Waals surface area contributed by atoms with Gasteiger partial charge in [0, 0.05) is 39.1 Å². The first-order chi connectivity index (χ1) is 15.2. The van der Waals surface area contributed by atoms with Crippen molar-refractivity contribution in [1.29, 1.82) is 0 Å². The van der Waals surface area contributed by atoms with E-state index in [2.05, 4.69) is 69.7 Å². The average molecular weight is 469 g/mol. The SMILES string of the molecule is Cc1cccc(-c2nc(CSc3nnc(-c4csc(C)c4)n3CC3CCCO3)cs2)c1. The number of thiophene rings is 1. The second-order valence-corrected chi connectivity index (χ2v) is 10.7. The maximum atomic E-state index is 5.91. The highest BCUT2D eigenvalue weighted by Crippen LogP contribution is 2.32. The Labute approximate surface area is 194 Å². The Balaban J connectivity index is 1.36. The molecule has 0 saturated carbocycles. The van der Waals surface area contributed by atoms with Crippen LogP contribution in [0.2, 0.25) is 0 Å². The molecule has 1 aromatic carbocycles. The van der Waals surface area contributed by atoms with Crippen molar-refractivity contribution in [1.82, 2.24) is 19.7 Å². The molecule has 160 valence electrons. The van der Waals surface area contributed by atoms with Crippen LogP contribution >= 0.6 is 34.4 Å². The van der Waals surface area contributed by atoms with Crippen molar-refractivity contribution in [3.63, 3.8) is 0 Å². The molecule has 0 aliphatic carbocycles. The Morgan fingerprint density at radius 1 is 1.13 bits per heavy atom. The van der Waals surface area contributed by atoms with Crippen LogP contribution in [0.5, 0.6) is 0 Å². The number of ether oxygens (including phenoxy) is 1. The third-order valence-electron chi connectivity index (χ3n) is 5.28. The van der Waals surface area contributed by atoms with Crippen molar-refractivity contribution >= 4 is 34.4 Å². The molecular weight excluding hydrogens is 444 g/mol. The summed E-state index contributed by atoms with van der Waals surface area (Å²) in [6.07, 6.45) is 2.46. The normalized spacial score (nSPS) is 16.3. The second kappa shape index (κ2) is 9.24. The Bertz CT molecular complexity index is 1170. The summed E-state index contributed by atoms with van der Waals surface area (Å²) in [5.74, 6) is 1.70. The van der Waals surface area contributed by atoms with Gasteiger partial charge in [-0.25, -0.2) is 4.98 Å². The fourth-order valence-electron chi connectivity index (χ4n) is 3.75. The van der Waals surface area contributed by atoms with Crippen LogP contribution < -0.4 is 0 Å². The summed E-state index contributed by atoms with van der Waals surface area (Å²) in [5.41, 5.74) is 4.64. The topological polar surface area (TPSA) is 52.8 Å². The lowest BCUT2D eigenvalue weighted by Crippen LogP contribution is -2.16. The van der Waals surface area contributed by atoms with Crippen molar-refractivity contribution in [3.8, 4) is 22.0 Å². The molecule has 1 unspecified atom stereocenters. The van der Waals surface area contributed by atoms with Crippen LogP contribution in [0.25, 0.3) is 22.0 Å². The van der Waals surface area contributed by atoms with E-state index in [4.69, 9.17) is 9.72 Å². The zero-order chi connectivity index (χ0) is 21.2. The van der Waals surface area contributed by atoms with Gasteiger partial charge >= 0.3 is 0 Å². The molecule has 3 aromatic heterocycles. The Morgan fingerprint density at radius 2 is 2.06 bits per heavy atom. The number of nitrogens with zero attached hydrogens (tertiary/aromatic N) is 4. The molecule has 8 heteroatoms. The number of thioether (sulfide) groups is 1. The van der Waals surface area contributed by atoms with Crippen LogP contribution in [-0.2, 0) is 17.0 Å². The molecule has 0 spiro atoms. The number of aromatic nitrogens is 4. The van der Waals surface area contributed by atoms with Crippen LogP contribution in [0.15, 0.2) is 46.2 Å². The van der Waals surface area contributed by atoms with E-state index in [-0.39, 0.29) is 6.10 Å². The largest absolute Gasteiger partial charge is 0.376 e. The van der Waals surface area contributed by atoms with Gasteiger partial charge in [-0.3, -0.25) is 4.57 Å². The van der Waals surface area contributed by atoms with Gasteiger partial charge in [-0.05, 0) is 38.8 Å². The van der Waals surface area contributed by atoms with Gasteiger partial charge in [0.15, 0.2) is 11.0 Å². The molecule has 1 fully saturated rings. The first kappa shape index (κ1) is 20.9. The van der Waals surface area contributed by atoms with Crippen molar-refractivity contribution in [2.45, 2.75) is 50.2 Å². The van der Waals surface area contributed by atoms with E-state index in [1.54, 1.807) is 34.4 Å². The van der Waals surface area contributed by atoms with Crippen LogP contribution in [-0.4, -0.2) is 32.5 Å². The van der Waals surface area contributed by atoms with E-state index in [1.165, 1.54) is 16.0 Å². The highest BCUT2D eigenvalue weighted by Gasteiger charge is 2.22.